The number of rotatable bonds is 11. The monoisotopic (exact) mass is 459 g/mol. The Labute approximate surface area is 191 Å². The van der Waals surface area contributed by atoms with Gasteiger partial charge >= 0.3 is 0 Å². The van der Waals surface area contributed by atoms with Gasteiger partial charge in [-0.1, -0.05) is 42.5 Å². The Kier molecular flexibility index (Phi) is 9.26. The van der Waals surface area contributed by atoms with Gasteiger partial charge in [-0.3, -0.25) is 13.9 Å². The second-order valence-electron chi connectivity index (χ2n) is 7.79. The van der Waals surface area contributed by atoms with Crippen LogP contribution in [0, 0.1) is 6.92 Å². The number of nitrogens with one attached hydrogen (secondary N) is 1. The number of likely N-dealkylation sites (N-methyl/N-ethyl adjacent to an activating group) is 1. The molecular weight excluding hydrogens is 426 g/mol. The highest BCUT2D eigenvalue weighted by molar-refractivity contribution is 7.92. The normalized spacial score (nSPS) is 12.1. The summed E-state index contributed by atoms with van der Waals surface area (Å²) in [6.07, 6.45) is 1.63. The molecule has 0 saturated carbocycles. The molecule has 2 rings (SSSR count). The number of sulfonamides is 1. The van der Waals surface area contributed by atoms with Gasteiger partial charge in [0.05, 0.1) is 11.9 Å². The minimum atomic E-state index is -3.48. The lowest BCUT2D eigenvalue weighted by Gasteiger charge is -2.30. The van der Waals surface area contributed by atoms with Crippen LogP contribution in [-0.2, 0) is 26.2 Å². The van der Waals surface area contributed by atoms with Crippen LogP contribution in [0.2, 0.25) is 0 Å². The quantitative estimate of drug-likeness (QED) is 0.559. The van der Waals surface area contributed by atoms with Crippen molar-refractivity contribution >= 4 is 27.5 Å². The molecule has 0 aliphatic carbocycles. The van der Waals surface area contributed by atoms with Crippen molar-refractivity contribution in [1.29, 1.82) is 0 Å². The van der Waals surface area contributed by atoms with E-state index in [1.807, 2.05) is 44.2 Å². The van der Waals surface area contributed by atoms with Crippen LogP contribution in [0.3, 0.4) is 0 Å². The van der Waals surface area contributed by atoms with E-state index in [-0.39, 0.29) is 24.8 Å². The van der Waals surface area contributed by atoms with Gasteiger partial charge in [-0.25, -0.2) is 8.42 Å². The number of aryl methyl sites for hydroxylation is 1. The summed E-state index contributed by atoms with van der Waals surface area (Å²) in [5, 5.41) is 2.78. The van der Waals surface area contributed by atoms with Crippen molar-refractivity contribution < 1.29 is 18.0 Å². The van der Waals surface area contributed by atoms with Gasteiger partial charge in [-0.05, 0) is 50.5 Å². The minimum Gasteiger partial charge on any atom is -0.355 e. The first-order valence-electron chi connectivity index (χ1n) is 10.8. The van der Waals surface area contributed by atoms with Gasteiger partial charge in [0, 0.05) is 26.1 Å². The zero-order chi connectivity index (χ0) is 23.7. The Balaban J connectivity index is 2.14. The van der Waals surface area contributed by atoms with Gasteiger partial charge in [0.1, 0.15) is 6.04 Å². The van der Waals surface area contributed by atoms with Gasteiger partial charge in [-0.2, -0.15) is 0 Å². The Morgan fingerprint density at radius 1 is 1.03 bits per heavy atom. The molecule has 0 aliphatic rings. The highest BCUT2D eigenvalue weighted by Crippen LogP contribution is 2.19. The molecule has 0 spiro atoms. The van der Waals surface area contributed by atoms with Crippen molar-refractivity contribution in [3.8, 4) is 0 Å². The van der Waals surface area contributed by atoms with E-state index in [4.69, 9.17) is 0 Å². The van der Waals surface area contributed by atoms with Crippen LogP contribution in [0.5, 0.6) is 0 Å². The van der Waals surface area contributed by atoms with E-state index in [1.165, 1.54) is 4.31 Å². The second kappa shape index (κ2) is 11.7. The Morgan fingerprint density at radius 3 is 2.25 bits per heavy atom. The van der Waals surface area contributed by atoms with Crippen LogP contribution >= 0.6 is 0 Å². The molecule has 1 N–H and O–H groups in total. The molecule has 1 atom stereocenters. The maximum Gasteiger partial charge on any atom is 0.242 e. The Hall–Kier alpha value is -2.87. The van der Waals surface area contributed by atoms with E-state index >= 15 is 0 Å². The number of carbonyl (C=O) groups is 2. The molecule has 0 saturated heterocycles. The molecule has 7 nitrogen and oxygen atoms in total. The highest BCUT2D eigenvalue weighted by Gasteiger charge is 2.26. The van der Waals surface area contributed by atoms with E-state index in [1.54, 1.807) is 36.1 Å². The molecule has 0 unspecified atom stereocenters. The van der Waals surface area contributed by atoms with E-state index in [9.17, 15) is 18.0 Å². The van der Waals surface area contributed by atoms with Crippen LogP contribution in [0.4, 0.5) is 5.69 Å². The van der Waals surface area contributed by atoms with Gasteiger partial charge in [0.25, 0.3) is 0 Å². The van der Waals surface area contributed by atoms with Gasteiger partial charge in [0.15, 0.2) is 0 Å². The molecule has 0 heterocycles. The maximum absolute atomic E-state index is 13.2. The third-order valence-corrected chi connectivity index (χ3v) is 6.51. The van der Waals surface area contributed by atoms with Crippen LogP contribution in [-0.4, -0.2) is 50.5 Å². The molecule has 0 fully saturated rings. The maximum atomic E-state index is 13.2. The molecule has 0 bridgehead atoms. The zero-order valence-electron chi connectivity index (χ0n) is 19.2. The average Bonchev–Trinajstić information content (AvgIpc) is 2.75. The predicted molar refractivity (Wildman–Crippen MR) is 128 cm³/mol. The second-order valence-corrected chi connectivity index (χ2v) is 9.70. The molecule has 174 valence electrons. The van der Waals surface area contributed by atoms with Gasteiger partial charge in [-0.15, -0.1) is 0 Å². The van der Waals surface area contributed by atoms with Crippen LogP contribution < -0.4 is 9.62 Å². The van der Waals surface area contributed by atoms with E-state index in [0.29, 0.717) is 25.2 Å². The van der Waals surface area contributed by atoms with E-state index in [0.717, 1.165) is 17.4 Å². The lowest BCUT2D eigenvalue weighted by molar-refractivity contribution is -0.140. The summed E-state index contributed by atoms with van der Waals surface area (Å²) in [5.74, 6) is -0.398. The van der Waals surface area contributed by atoms with Crippen molar-refractivity contribution in [3.05, 3.63) is 65.7 Å². The minimum absolute atomic E-state index is 0.133. The molecular formula is C24H33N3O4S. The third kappa shape index (κ3) is 7.09. The SMILES string of the molecule is CCNC(=O)[C@@H](C)N(Cc1ccccc1C)C(=O)CCCN(c1ccccc1)S(C)(=O)=O. The summed E-state index contributed by atoms with van der Waals surface area (Å²) in [6.45, 7) is 6.50. The summed E-state index contributed by atoms with van der Waals surface area (Å²) in [5.41, 5.74) is 2.58. The molecule has 8 heteroatoms. The fourth-order valence-electron chi connectivity index (χ4n) is 3.47. The summed E-state index contributed by atoms with van der Waals surface area (Å²) < 4.78 is 25.8. The number of nitrogens with zero attached hydrogens (tertiary/aromatic N) is 2. The van der Waals surface area contributed by atoms with Crippen molar-refractivity contribution in [2.45, 2.75) is 46.2 Å². The number of hydrogen-bond acceptors (Lipinski definition) is 4. The van der Waals surface area contributed by atoms with Crippen molar-refractivity contribution in [3.63, 3.8) is 0 Å². The standard InChI is InChI=1S/C24H33N3O4S/c1-5-25-24(29)20(3)26(18-21-13-10-9-12-19(21)2)23(28)16-11-17-27(32(4,30)31)22-14-7-6-8-15-22/h6-10,12-15,20H,5,11,16-18H2,1-4H3,(H,25,29)/t20-/m1/s1. The summed E-state index contributed by atoms with van der Waals surface area (Å²) in [4.78, 5) is 27.2. The Morgan fingerprint density at radius 2 is 1.66 bits per heavy atom. The molecule has 0 aliphatic heterocycles. The first kappa shape index (κ1) is 25.4. The Bertz CT molecular complexity index is 1010. The molecule has 0 radical (unpaired) electrons. The lowest BCUT2D eigenvalue weighted by Crippen LogP contribution is -2.47. The third-order valence-electron chi connectivity index (χ3n) is 5.32. The fraction of sp³-hybridized carbons (Fsp3) is 0.417. The first-order valence-corrected chi connectivity index (χ1v) is 12.6. The number of carbonyl (C=O) groups excluding carboxylic acids is 2. The van der Waals surface area contributed by atoms with E-state index < -0.39 is 16.1 Å². The fourth-order valence-corrected chi connectivity index (χ4v) is 4.44. The van der Waals surface area contributed by atoms with Crippen molar-refractivity contribution in [2.75, 3.05) is 23.7 Å². The molecule has 2 amide bonds. The first-order chi connectivity index (χ1) is 15.1. The molecule has 2 aromatic rings. The molecule has 2 aromatic carbocycles. The number of anilines is 1. The number of amides is 2. The van der Waals surface area contributed by atoms with Gasteiger partial charge < -0.3 is 10.2 Å². The zero-order valence-corrected chi connectivity index (χ0v) is 20.1. The lowest BCUT2D eigenvalue weighted by atomic mass is 10.1. The van der Waals surface area contributed by atoms with E-state index in [2.05, 4.69) is 5.32 Å². The van der Waals surface area contributed by atoms with Crippen LogP contribution in [0.15, 0.2) is 54.6 Å². The number of para-hydroxylation sites is 1. The van der Waals surface area contributed by atoms with Gasteiger partial charge in [0.2, 0.25) is 21.8 Å². The molecule has 0 aromatic heterocycles. The van der Waals surface area contributed by atoms with Crippen molar-refractivity contribution in [2.24, 2.45) is 0 Å². The number of benzene rings is 2. The predicted octanol–water partition coefficient (Wildman–Crippen LogP) is 3.09. The topological polar surface area (TPSA) is 86.8 Å². The van der Waals surface area contributed by atoms with Crippen LogP contribution in [0.25, 0.3) is 0 Å². The average molecular weight is 460 g/mol. The summed E-state index contributed by atoms with van der Waals surface area (Å²) >= 11 is 0. The smallest absolute Gasteiger partial charge is 0.242 e. The van der Waals surface area contributed by atoms with Crippen molar-refractivity contribution in [1.82, 2.24) is 10.2 Å². The van der Waals surface area contributed by atoms with Crippen LogP contribution in [0.1, 0.15) is 37.8 Å². The summed E-state index contributed by atoms with van der Waals surface area (Å²) in [7, 11) is -3.48. The number of hydrogen-bond donors (Lipinski definition) is 1. The molecule has 32 heavy (non-hydrogen) atoms. The summed E-state index contributed by atoms with van der Waals surface area (Å²) in [6, 6.07) is 15.9. The highest BCUT2D eigenvalue weighted by atomic mass is 32.2. The largest absolute Gasteiger partial charge is 0.355 e.